The van der Waals surface area contributed by atoms with Crippen LogP contribution in [-0.2, 0) is 16.1 Å². The summed E-state index contributed by atoms with van der Waals surface area (Å²) in [5, 5.41) is 0. The third kappa shape index (κ3) is 2.31. The Labute approximate surface area is 77.5 Å². The molecule has 0 atom stereocenters. The van der Waals surface area contributed by atoms with Gasteiger partial charge in [-0.25, -0.2) is 0 Å². The summed E-state index contributed by atoms with van der Waals surface area (Å²) in [5.74, 6) is 0.160. The van der Waals surface area contributed by atoms with Gasteiger partial charge in [0.15, 0.2) is 0 Å². The summed E-state index contributed by atoms with van der Waals surface area (Å²) < 4.78 is 5.11. The second kappa shape index (κ2) is 3.60. The van der Waals surface area contributed by atoms with Gasteiger partial charge in [-0.15, -0.1) is 0 Å². The predicted octanol–water partition coefficient (Wildman–Crippen LogP) is 2.14. The zero-order valence-electron chi connectivity index (χ0n) is 7.40. The first-order valence-electron chi connectivity index (χ1n) is 4.57. The van der Waals surface area contributed by atoms with Crippen molar-refractivity contribution in [2.75, 3.05) is 0 Å². The third-order valence-electron chi connectivity index (χ3n) is 2.13. The maximum absolute atomic E-state index is 11.2. The van der Waals surface area contributed by atoms with Crippen LogP contribution in [0.3, 0.4) is 0 Å². The number of hydrogen-bond acceptors (Lipinski definition) is 2. The van der Waals surface area contributed by atoms with E-state index in [2.05, 4.69) is 0 Å². The molecule has 2 rings (SSSR count). The summed E-state index contributed by atoms with van der Waals surface area (Å²) in [4.78, 5) is 11.2. The zero-order chi connectivity index (χ0) is 9.10. The van der Waals surface area contributed by atoms with E-state index in [1.807, 2.05) is 30.3 Å². The van der Waals surface area contributed by atoms with Gasteiger partial charge in [-0.1, -0.05) is 30.3 Å². The smallest absolute Gasteiger partial charge is 0.309 e. The molecule has 1 aromatic carbocycles. The van der Waals surface area contributed by atoms with Crippen LogP contribution in [0.4, 0.5) is 0 Å². The minimum absolute atomic E-state index is 0.0381. The number of rotatable bonds is 3. The summed E-state index contributed by atoms with van der Waals surface area (Å²) in [7, 11) is 0. The van der Waals surface area contributed by atoms with Crippen molar-refractivity contribution >= 4 is 5.97 Å². The van der Waals surface area contributed by atoms with Gasteiger partial charge >= 0.3 is 5.97 Å². The van der Waals surface area contributed by atoms with Crippen LogP contribution in [-0.4, -0.2) is 5.97 Å². The van der Waals surface area contributed by atoms with Crippen LogP contribution in [0.25, 0.3) is 0 Å². The van der Waals surface area contributed by atoms with Crippen LogP contribution >= 0.6 is 0 Å². The number of esters is 1. The molecule has 0 aliphatic heterocycles. The van der Waals surface area contributed by atoms with E-state index in [1.165, 1.54) is 0 Å². The van der Waals surface area contributed by atoms with Gasteiger partial charge in [-0.3, -0.25) is 4.79 Å². The molecule has 1 saturated carbocycles. The lowest BCUT2D eigenvalue weighted by atomic mass is 10.2. The quantitative estimate of drug-likeness (QED) is 0.659. The molecule has 1 aliphatic rings. The van der Waals surface area contributed by atoms with Gasteiger partial charge in [-0.2, -0.15) is 0 Å². The van der Waals surface area contributed by atoms with E-state index in [0.29, 0.717) is 6.61 Å². The van der Waals surface area contributed by atoms with Crippen LogP contribution in [0.15, 0.2) is 30.3 Å². The molecule has 0 aromatic heterocycles. The fraction of sp³-hybridized carbons (Fsp3) is 0.364. The molecule has 0 saturated heterocycles. The highest BCUT2D eigenvalue weighted by molar-refractivity contribution is 5.74. The van der Waals surface area contributed by atoms with Crippen molar-refractivity contribution in [2.24, 2.45) is 5.92 Å². The first kappa shape index (κ1) is 8.30. The molecule has 1 fully saturated rings. The van der Waals surface area contributed by atoms with Gasteiger partial charge < -0.3 is 4.74 Å². The average molecular weight is 176 g/mol. The Hall–Kier alpha value is -1.31. The summed E-state index contributed by atoms with van der Waals surface area (Å²) in [6.07, 6.45) is 2.02. The lowest BCUT2D eigenvalue weighted by Crippen LogP contribution is -2.05. The Kier molecular flexibility index (Phi) is 2.30. The van der Waals surface area contributed by atoms with Crippen molar-refractivity contribution in [3.63, 3.8) is 0 Å². The van der Waals surface area contributed by atoms with Gasteiger partial charge in [0.2, 0.25) is 0 Å². The Bertz CT molecular complexity index is 288. The van der Waals surface area contributed by atoms with Crippen LogP contribution in [0.2, 0.25) is 0 Å². The molecule has 0 amide bonds. The van der Waals surface area contributed by atoms with Crippen molar-refractivity contribution in [1.82, 2.24) is 0 Å². The van der Waals surface area contributed by atoms with Gasteiger partial charge in [0, 0.05) is 0 Å². The average Bonchev–Trinajstić information content (AvgIpc) is 2.99. The third-order valence-corrected chi connectivity index (χ3v) is 2.13. The van der Waals surface area contributed by atoms with E-state index in [0.717, 1.165) is 18.4 Å². The molecule has 68 valence electrons. The van der Waals surface area contributed by atoms with E-state index < -0.39 is 0 Å². The molecular weight excluding hydrogens is 164 g/mol. The van der Waals surface area contributed by atoms with E-state index in [4.69, 9.17) is 4.74 Å². The van der Waals surface area contributed by atoms with Gasteiger partial charge in [-0.05, 0) is 18.4 Å². The number of hydrogen-bond donors (Lipinski definition) is 0. The number of benzene rings is 1. The molecule has 0 spiro atoms. The molecule has 0 bridgehead atoms. The number of ether oxygens (including phenoxy) is 1. The molecule has 2 heteroatoms. The maximum Gasteiger partial charge on any atom is 0.309 e. The van der Waals surface area contributed by atoms with Gasteiger partial charge in [0.25, 0.3) is 0 Å². The summed E-state index contributed by atoms with van der Waals surface area (Å²) in [6, 6.07) is 9.76. The van der Waals surface area contributed by atoms with E-state index >= 15 is 0 Å². The zero-order valence-corrected chi connectivity index (χ0v) is 7.40. The Morgan fingerprint density at radius 3 is 2.62 bits per heavy atom. The van der Waals surface area contributed by atoms with Crippen molar-refractivity contribution in [3.8, 4) is 0 Å². The number of carbonyl (C=O) groups excluding carboxylic acids is 1. The molecule has 1 aliphatic carbocycles. The second-order valence-corrected chi connectivity index (χ2v) is 3.37. The molecule has 13 heavy (non-hydrogen) atoms. The van der Waals surface area contributed by atoms with E-state index in [-0.39, 0.29) is 11.9 Å². The predicted molar refractivity (Wildman–Crippen MR) is 49.0 cm³/mol. The van der Waals surface area contributed by atoms with Gasteiger partial charge in [0.05, 0.1) is 5.92 Å². The van der Waals surface area contributed by atoms with E-state index in [9.17, 15) is 4.79 Å². The monoisotopic (exact) mass is 176 g/mol. The molecular formula is C11H12O2. The van der Waals surface area contributed by atoms with Crippen LogP contribution in [0, 0.1) is 5.92 Å². The highest BCUT2D eigenvalue weighted by Gasteiger charge is 2.31. The largest absolute Gasteiger partial charge is 0.461 e. The lowest BCUT2D eigenvalue weighted by Gasteiger charge is -2.02. The Morgan fingerprint density at radius 1 is 1.31 bits per heavy atom. The summed E-state index contributed by atoms with van der Waals surface area (Å²) >= 11 is 0. The first-order valence-corrected chi connectivity index (χ1v) is 4.57. The molecule has 0 radical (unpaired) electrons. The van der Waals surface area contributed by atoms with Crippen LogP contribution < -0.4 is 0 Å². The van der Waals surface area contributed by atoms with Crippen molar-refractivity contribution in [3.05, 3.63) is 35.9 Å². The standard InChI is InChI=1S/C11H12O2/c12-11(10-6-7-10)13-8-9-4-2-1-3-5-9/h1-5,10H,6-8H2. The highest BCUT2D eigenvalue weighted by atomic mass is 16.5. The highest BCUT2D eigenvalue weighted by Crippen LogP contribution is 2.30. The lowest BCUT2D eigenvalue weighted by molar-refractivity contribution is -0.146. The molecule has 0 heterocycles. The fourth-order valence-corrected chi connectivity index (χ4v) is 1.17. The Morgan fingerprint density at radius 2 is 2.00 bits per heavy atom. The summed E-state index contributed by atoms with van der Waals surface area (Å²) in [6.45, 7) is 0.413. The Balaban J connectivity index is 1.82. The number of carbonyl (C=O) groups is 1. The summed E-state index contributed by atoms with van der Waals surface area (Å²) in [5.41, 5.74) is 1.05. The first-order chi connectivity index (χ1) is 6.36. The van der Waals surface area contributed by atoms with Gasteiger partial charge in [0.1, 0.15) is 6.61 Å². The fourth-order valence-electron chi connectivity index (χ4n) is 1.17. The molecule has 0 unspecified atom stereocenters. The molecule has 2 nitrogen and oxygen atoms in total. The molecule has 1 aromatic rings. The van der Waals surface area contributed by atoms with Crippen molar-refractivity contribution < 1.29 is 9.53 Å². The van der Waals surface area contributed by atoms with E-state index in [1.54, 1.807) is 0 Å². The maximum atomic E-state index is 11.2. The SMILES string of the molecule is O=C(OCc1ccccc1)C1CC1. The second-order valence-electron chi connectivity index (χ2n) is 3.37. The van der Waals surface area contributed by atoms with Crippen LogP contribution in [0.1, 0.15) is 18.4 Å². The normalized spacial score (nSPS) is 15.4. The molecule has 0 N–H and O–H groups in total. The van der Waals surface area contributed by atoms with Crippen LogP contribution in [0.5, 0.6) is 0 Å². The minimum Gasteiger partial charge on any atom is -0.461 e. The van der Waals surface area contributed by atoms with Crippen molar-refractivity contribution in [2.45, 2.75) is 19.4 Å². The minimum atomic E-state index is -0.0381. The van der Waals surface area contributed by atoms with Crippen molar-refractivity contribution in [1.29, 1.82) is 0 Å². The topological polar surface area (TPSA) is 26.3 Å².